The summed E-state index contributed by atoms with van der Waals surface area (Å²) in [6.45, 7) is 4.34. The zero-order valence-electron chi connectivity index (χ0n) is 13.8. The monoisotopic (exact) mass is 324 g/mol. The molecule has 24 heavy (non-hydrogen) atoms. The standard InChI is InChI=1S/C19H20N2O3/c1-13-6-5-9-17(14(13)2)24-11-10-19(23)21-12-18(22)20-15-7-3-4-8-16(15)21/h3-9H,10-12H2,1-2H3,(H,20,22). The Hall–Kier alpha value is -2.82. The number of hydrogen-bond acceptors (Lipinski definition) is 3. The van der Waals surface area contributed by atoms with Crippen LogP contribution in [0.1, 0.15) is 17.5 Å². The second kappa shape index (κ2) is 6.74. The first-order valence-electron chi connectivity index (χ1n) is 7.94. The zero-order chi connectivity index (χ0) is 17.1. The molecule has 3 rings (SSSR count). The molecule has 1 N–H and O–H groups in total. The Morgan fingerprint density at radius 3 is 2.79 bits per heavy atom. The fourth-order valence-electron chi connectivity index (χ4n) is 2.72. The Morgan fingerprint density at radius 1 is 1.17 bits per heavy atom. The maximum atomic E-state index is 12.5. The summed E-state index contributed by atoms with van der Waals surface area (Å²) in [6, 6.07) is 13.2. The third-order valence-electron chi connectivity index (χ3n) is 4.20. The second-order valence-corrected chi connectivity index (χ2v) is 5.84. The summed E-state index contributed by atoms with van der Waals surface area (Å²) < 4.78 is 5.75. The van der Waals surface area contributed by atoms with Crippen LogP contribution >= 0.6 is 0 Å². The van der Waals surface area contributed by atoms with Gasteiger partial charge >= 0.3 is 0 Å². The molecule has 1 aliphatic heterocycles. The lowest BCUT2D eigenvalue weighted by molar-refractivity contribution is -0.122. The highest BCUT2D eigenvalue weighted by molar-refractivity contribution is 6.09. The van der Waals surface area contributed by atoms with E-state index >= 15 is 0 Å². The Morgan fingerprint density at radius 2 is 1.96 bits per heavy atom. The number of aryl methyl sites for hydroxylation is 1. The van der Waals surface area contributed by atoms with Crippen molar-refractivity contribution in [3.8, 4) is 5.75 Å². The van der Waals surface area contributed by atoms with Gasteiger partial charge in [-0.2, -0.15) is 0 Å². The predicted octanol–water partition coefficient (Wildman–Crippen LogP) is 3.06. The minimum absolute atomic E-state index is 0.0410. The van der Waals surface area contributed by atoms with Gasteiger partial charge in [0.05, 0.1) is 24.4 Å². The van der Waals surface area contributed by atoms with E-state index in [9.17, 15) is 9.59 Å². The fourth-order valence-corrected chi connectivity index (χ4v) is 2.72. The molecule has 0 saturated heterocycles. The predicted molar refractivity (Wildman–Crippen MR) is 93.5 cm³/mol. The molecule has 0 atom stereocenters. The van der Waals surface area contributed by atoms with Gasteiger partial charge < -0.3 is 15.0 Å². The van der Waals surface area contributed by atoms with E-state index in [0.29, 0.717) is 5.69 Å². The van der Waals surface area contributed by atoms with E-state index in [1.54, 1.807) is 6.07 Å². The number of amides is 2. The number of ether oxygens (including phenoxy) is 1. The number of nitrogens with zero attached hydrogens (tertiary/aromatic N) is 1. The summed E-state index contributed by atoms with van der Waals surface area (Å²) in [5, 5.41) is 2.78. The van der Waals surface area contributed by atoms with Gasteiger partial charge in [0.25, 0.3) is 0 Å². The van der Waals surface area contributed by atoms with E-state index < -0.39 is 0 Å². The highest BCUT2D eigenvalue weighted by Gasteiger charge is 2.26. The highest BCUT2D eigenvalue weighted by Crippen LogP contribution is 2.29. The van der Waals surface area contributed by atoms with Crippen LogP contribution in [0.5, 0.6) is 5.75 Å². The first-order chi connectivity index (χ1) is 11.6. The molecule has 1 aliphatic rings. The molecule has 0 aromatic heterocycles. The first-order valence-corrected chi connectivity index (χ1v) is 7.94. The molecule has 5 nitrogen and oxygen atoms in total. The molecule has 2 amide bonds. The summed E-state index contributed by atoms with van der Waals surface area (Å²) in [4.78, 5) is 25.8. The Balaban J connectivity index is 1.65. The van der Waals surface area contributed by atoms with Crippen LogP contribution in [0.25, 0.3) is 0 Å². The number of hydrogen-bond donors (Lipinski definition) is 1. The lowest BCUT2D eigenvalue weighted by Crippen LogP contribution is -2.42. The van der Waals surface area contributed by atoms with E-state index in [-0.39, 0.29) is 31.4 Å². The van der Waals surface area contributed by atoms with Gasteiger partial charge in [0.1, 0.15) is 12.3 Å². The summed E-state index contributed by atoms with van der Waals surface area (Å²) in [5.74, 6) is 0.486. The average molecular weight is 324 g/mol. The molecule has 2 aromatic carbocycles. The van der Waals surface area contributed by atoms with Crippen LogP contribution in [0.3, 0.4) is 0 Å². The lowest BCUT2D eigenvalue weighted by atomic mass is 10.1. The molecular formula is C19H20N2O3. The summed E-state index contributed by atoms with van der Waals surface area (Å²) in [5.41, 5.74) is 3.62. The van der Waals surface area contributed by atoms with E-state index in [0.717, 1.165) is 22.6 Å². The van der Waals surface area contributed by atoms with Gasteiger partial charge in [0.2, 0.25) is 11.8 Å². The molecule has 0 saturated carbocycles. The van der Waals surface area contributed by atoms with Crippen molar-refractivity contribution in [3.05, 3.63) is 53.6 Å². The number of rotatable bonds is 4. The van der Waals surface area contributed by atoms with E-state index in [2.05, 4.69) is 5.32 Å². The maximum Gasteiger partial charge on any atom is 0.244 e. The van der Waals surface area contributed by atoms with Crippen LogP contribution in [0.2, 0.25) is 0 Å². The molecule has 5 heteroatoms. The van der Waals surface area contributed by atoms with Gasteiger partial charge in [-0.25, -0.2) is 0 Å². The summed E-state index contributed by atoms with van der Waals surface area (Å²) in [7, 11) is 0. The molecule has 0 radical (unpaired) electrons. The van der Waals surface area contributed by atoms with Crippen LogP contribution in [0.4, 0.5) is 11.4 Å². The third kappa shape index (κ3) is 3.25. The van der Waals surface area contributed by atoms with E-state index in [1.165, 1.54) is 4.90 Å². The van der Waals surface area contributed by atoms with Gasteiger partial charge in [-0.3, -0.25) is 9.59 Å². The van der Waals surface area contributed by atoms with Crippen molar-refractivity contribution in [2.45, 2.75) is 20.3 Å². The van der Waals surface area contributed by atoms with Crippen molar-refractivity contribution in [3.63, 3.8) is 0 Å². The van der Waals surface area contributed by atoms with Crippen molar-refractivity contribution in [1.29, 1.82) is 0 Å². The normalized spacial score (nSPS) is 13.2. The van der Waals surface area contributed by atoms with Crippen LogP contribution < -0.4 is 15.0 Å². The number of carbonyl (C=O) groups excluding carboxylic acids is 2. The number of carbonyl (C=O) groups is 2. The number of anilines is 2. The molecular weight excluding hydrogens is 304 g/mol. The molecule has 0 unspecified atom stereocenters. The van der Waals surface area contributed by atoms with E-state index in [1.807, 2.05) is 50.2 Å². The molecule has 0 aliphatic carbocycles. The summed E-state index contributed by atoms with van der Waals surface area (Å²) in [6.07, 6.45) is 0.217. The largest absolute Gasteiger partial charge is 0.493 e. The van der Waals surface area contributed by atoms with Gasteiger partial charge in [-0.05, 0) is 43.2 Å². The SMILES string of the molecule is Cc1cccc(OCCC(=O)N2CC(=O)Nc3ccccc32)c1C. The Bertz CT molecular complexity index is 786. The van der Waals surface area contributed by atoms with Gasteiger partial charge in [-0.15, -0.1) is 0 Å². The molecule has 2 aromatic rings. The number of para-hydroxylation sites is 2. The second-order valence-electron chi connectivity index (χ2n) is 5.84. The zero-order valence-corrected chi connectivity index (χ0v) is 13.8. The van der Waals surface area contributed by atoms with E-state index in [4.69, 9.17) is 4.74 Å². The third-order valence-corrected chi connectivity index (χ3v) is 4.20. The minimum Gasteiger partial charge on any atom is -0.493 e. The maximum absolute atomic E-state index is 12.5. The van der Waals surface area contributed by atoms with Crippen LogP contribution in [-0.2, 0) is 9.59 Å². The molecule has 0 bridgehead atoms. The van der Waals surface area contributed by atoms with Crippen LogP contribution in [0.15, 0.2) is 42.5 Å². The van der Waals surface area contributed by atoms with Crippen molar-refractivity contribution in [2.24, 2.45) is 0 Å². The molecule has 0 spiro atoms. The van der Waals surface area contributed by atoms with Gasteiger partial charge in [0.15, 0.2) is 0 Å². The van der Waals surface area contributed by atoms with Crippen molar-refractivity contribution in [2.75, 3.05) is 23.4 Å². The topological polar surface area (TPSA) is 58.6 Å². The highest BCUT2D eigenvalue weighted by atomic mass is 16.5. The van der Waals surface area contributed by atoms with Crippen molar-refractivity contribution < 1.29 is 14.3 Å². The van der Waals surface area contributed by atoms with Crippen molar-refractivity contribution in [1.82, 2.24) is 0 Å². The number of fused-ring (bicyclic) bond motifs is 1. The fraction of sp³-hybridized carbons (Fsp3) is 0.263. The quantitative estimate of drug-likeness (QED) is 0.940. The lowest BCUT2D eigenvalue weighted by Gasteiger charge is -2.29. The molecule has 1 heterocycles. The number of nitrogens with one attached hydrogen (secondary N) is 1. The molecule has 124 valence electrons. The average Bonchev–Trinajstić information content (AvgIpc) is 2.57. The Kier molecular flexibility index (Phi) is 4.51. The Labute approximate surface area is 141 Å². The number of benzene rings is 2. The smallest absolute Gasteiger partial charge is 0.244 e. The van der Waals surface area contributed by atoms with Crippen LogP contribution in [0, 0.1) is 13.8 Å². The molecule has 0 fully saturated rings. The minimum atomic E-state index is -0.183. The van der Waals surface area contributed by atoms with Gasteiger partial charge in [-0.1, -0.05) is 24.3 Å². The summed E-state index contributed by atoms with van der Waals surface area (Å²) >= 11 is 0. The van der Waals surface area contributed by atoms with Crippen molar-refractivity contribution >= 4 is 23.2 Å². The first kappa shape index (κ1) is 16.1. The van der Waals surface area contributed by atoms with Crippen LogP contribution in [-0.4, -0.2) is 25.0 Å². The van der Waals surface area contributed by atoms with Gasteiger partial charge in [0, 0.05) is 0 Å².